The lowest BCUT2D eigenvalue weighted by molar-refractivity contribution is 0.0596. The summed E-state index contributed by atoms with van der Waals surface area (Å²) in [5.41, 5.74) is -0.480. The predicted molar refractivity (Wildman–Crippen MR) is 47.3 cm³/mol. The topological polar surface area (TPSA) is 55.0 Å². The van der Waals surface area contributed by atoms with Crippen LogP contribution in [-0.2, 0) is 4.74 Å². The van der Waals surface area contributed by atoms with Crippen molar-refractivity contribution >= 4 is 16.9 Å². The van der Waals surface area contributed by atoms with E-state index in [2.05, 4.69) is 9.84 Å². The van der Waals surface area contributed by atoms with Crippen LogP contribution in [0.1, 0.15) is 10.4 Å². The van der Waals surface area contributed by atoms with Crippen LogP contribution < -0.4 is 0 Å². The maximum atomic E-state index is 13.6. The third kappa shape index (κ3) is 1.34. The third-order valence-corrected chi connectivity index (χ3v) is 2.02. The van der Waals surface area contributed by atoms with Gasteiger partial charge in [-0.2, -0.15) is 9.49 Å². The number of rotatable bonds is 1. The molecule has 0 saturated carbocycles. The van der Waals surface area contributed by atoms with E-state index in [1.807, 2.05) is 5.10 Å². The number of aromatic nitrogens is 2. The maximum absolute atomic E-state index is 13.6. The van der Waals surface area contributed by atoms with E-state index >= 15 is 0 Å². The fraction of sp³-hybridized carbons (Fsp3) is 0.111. The van der Waals surface area contributed by atoms with Crippen molar-refractivity contribution in [1.82, 2.24) is 10.2 Å². The highest BCUT2D eigenvalue weighted by Crippen LogP contribution is 2.21. The van der Waals surface area contributed by atoms with Crippen LogP contribution in [0.3, 0.4) is 0 Å². The molecule has 15 heavy (non-hydrogen) atoms. The largest absolute Gasteiger partial charge is 0.465 e. The van der Waals surface area contributed by atoms with E-state index in [4.69, 9.17) is 0 Å². The molecule has 1 N–H and O–H groups in total. The molecule has 78 valence electrons. The number of benzene rings is 1. The number of esters is 1. The standard InChI is InChI=1S/C9H6F2N2O2/c1-15-9(14)4-2-3-5-7(6(4)10)12-13-8(5)11/h2-3H,1H3,(H,12,13). The second-order valence-electron chi connectivity index (χ2n) is 2.85. The molecule has 0 bridgehead atoms. The molecular formula is C9H6F2N2O2. The van der Waals surface area contributed by atoms with Gasteiger partial charge in [0.25, 0.3) is 0 Å². The minimum absolute atomic E-state index is 0.000142. The number of H-pyrrole nitrogens is 1. The molecule has 0 aliphatic heterocycles. The Kier molecular flexibility index (Phi) is 2.11. The molecule has 0 atom stereocenters. The Hall–Kier alpha value is -1.98. The molecule has 0 aliphatic rings. The quantitative estimate of drug-likeness (QED) is 0.731. The minimum Gasteiger partial charge on any atom is -0.465 e. The smallest absolute Gasteiger partial charge is 0.340 e. The fourth-order valence-corrected chi connectivity index (χ4v) is 1.28. The number of hydrogen-bond donors (Lipinski definition) is 1. The molecule has 2 aromatic rings. The first kappa shape index (κ1) is 9.57. The lowest BCUT2D eigenvalue weighted by Crippen LogP contribution is -2.04. The van der Waals surface area contributed by atoms with Gasteiger partial charge < -0.3 is 4.74 Å². The van der Waals surface area contributed by atoms with Crippen molar-refractivity contribution in [3.8, 4) is 0 Å². The molecule has 1 heterocycles. The molecule has 0 saturated heterocycles. The number of nitrogens with zero attached hydrogens (tertiary/aromatic N) is 1. The molecule has 0 radical (unpaired) electrons. The Morgan fingerprint density at radius 1 is 1.47 bits per heavy atom. The van der Waals surface area contributed by atoms with Crippen LogP contribution in [0.5, 0.6) is 0 Å². The molecule has 0 fully saturated rings. The number of hydrogen-bond acceptors (Lipinski definition) is 3. The fourth-order valence-electron chi connectivity index (χ4n) is 1.28. The zero-order chi connectivity index (χ0) is 11.0. The van der Waals surface area contributed by atoms with E-state index in [1.54, 1.807) is 0 Å². The summed E-state index contributed by atoms with van der Waals surface area (Å²) in [4.78, 5) is 11.1. The van der Waals surface area contributed by atoms with Crippen LogP contribution in [0.15, 0.2) is 12.1 Å². The molecule has 0 spiro atoms. The van der Waals surface area contributed by atoms with Crippen LogP contribution >= 0.6 is 0 Å². The SMILES string of the molecule is COC(=O)c1ccc2c(F)[nH]nc2c1F. The number of carbonyl (C=O) groups excluding carboxylic acids is 1. The van der Waals surface area contributed by atoms with E-state index in [1.165, 1.54) is 6.07 Å². The first-order valence-electron chi connectivity index (χ1n) is 4.05. The lowest BCUT2D eigenvalue weighted by Gasteiger charge is -2.00. The summed E-state index contributed by atoms with van der Waals surface area (Å²) in [6.45, 7) is 0. The first-order chi connectivity index (χ1) is 7.15. The highest BCUT2D eigenvalue weighted by Gasteiger charge is 2.18. The minimum atomic E-state index is -0.889. The predicted octanol–water partition coefficient (Wildman–Crippen LogP) is 1.63. The number of ether oxygens (including phenoxy) is 1. The van der Waals surface area contributed by atoms with Gasteiger partial charge in [-0.25, -0.2) is 9.18 Å². The Morgan fingerprint density at radius 2 is 2.20 bits per heavy atom. The molecule has 6 heteroatoms. The van der Waals surface area contributed by atoms with Crippen molar-refractivity contribution in [2.75, 3.05) is 7.11 Å². The number of carbonyl (C=O) groups is 1. The second-order valence-corrected chi connectivity index (χ2v) is 2.85. The Morgan fingerprint density at radius 3 is 2.87 bits per heavy atom. The summed E-state index contributed by atoms with van der Waals surface area (Å²) >= 11 is 0. The first-order valence-corrected chi connectivity index (χ1v) is 4.05. The monoisotopic (exact) mass is 212 g/mol. The van der Waals surface area contributed by atoms with Crippen molar-refractivity contribution in [2.45, 2.75) is 0 Å². The van der Waals surface area contributed by atoms with Crippen molar-refractivity contribution < 1.29 is 18.3 Å². The average Bonchev–Trinajstić information content (AvgIpc) is 2.61. The molecule has 0 amide bonds. The Labute approximate surface area is 82.8 Å². The molecule has 1 aromatic heterocycles. The summed E-state index contributed by atoms with van der Waals surface area (Å²) in [5, 5.41) is 5.41. The van der Waals surface area contributed by atoms with Gasteiger partial charge in [-0.3, -0.25) is 5.10 Å². The Balaban J connectivity index is 2.71. The van der Waals surface area contributed by atoms with Gasteiger partial charge in [0.1, 0.15) is 5.52 Å². The van der Waals surface area contributed by atoms with E-state index in [0.29, 0.717) is 0 Å². The Bertz CT molecular complexity index is 536. The summed E-state index contributed by atoms with van der Waals surface area (Å²) in [5.74, 6) is -2.45. The lowest BCUT2D eigenvalue weighted by atomic mass is 10.1. The van der Waals surface area contributed by atoms with Crippen molar-refractivity contribution in [2.24, 2.45) is 0 Å². The summed E-state index contributed by atoms with van der Waals surface area (Å²) in [6.07, 6.45) is 0. The van der Waals surface area contributed by atoms with E-state index in [9.17, 15) is 13.6 Å². The van der Waals surface area contributed by atoms with Crippen molar-refractivity contribution in [3.05, 3.63) is 29.5 Å². The van der Waals surface area contributed by atoms with Crippen LogP contribution in [0, 0.1) is 11.8 Å². The van der Waals surface area contributed by atoms with Gasteiger partial charge in [0.05, 0.1) is 18.1 Å². The average molecular weight is 212 g/mol. The van der Waals surface area contributed by atoms with E-state index in [-0.39, 0.29) is 16.5 Å². The zero-order valence-corrected chi connectivity index (χ0v) is 7.67. The van der Waals surface area contributed by atoms with E-state index in [0.717, 1.165) is 13.2 Å². The van der Waals surface area contributed by atoms with Gasteiger partial charge >= 0.3 is 5.97 Å². The normalized spacial score (nSPS) is 10.6. The summed E-state index contributed by atoms with van der Waals surface area (Å²) < 4.78 is 30.9. The number of nitrogens with one attached hydrogen (secondary N) is 1. The summed E-state index contributed by atoms with van der Waals surface area (Å²) in [6, 6.07) is 2.42. The number of aromatic amines is 1. The molecular weight excluding hydrogens is 206 g/mol. The maximum Gasteiger partial charge on any atom is 0.340 e. The van der Waals surface area contributed by atoms with Crippen LogP contribution in [0.4, 0.5) is 8.78 Å². The van der Waals surface area contributed by atoms with Gasteiger partial charge in [0, 0.05) is 0 Å². The van der Waals surface area contributed by atoms with Gasteiger partial charge in [0.2, 0.25) is 5.95 Å². The number of methoxy groups -OCH3 is 1. The molecule has 4 nitrogen and oxygen atoms in total. The summed E-state index contributed by atoms with van der Waals surface area (Å²) in [7, 11) is 1.14. The number of halogens is 2. The van der Waals surface area contributed by atoms with E-state index < -0.39 is 17.7 Å². The van der Waals surface area contributed by atoms with Gasteiger partial charge in [-0.05, 0) is 12.1 Å². The van der Waals surface area contributed by atoms with Crippen molar-refractivity contribution in [3.63, 3.8) is 0 Å². The molecule has 0 aliphatic carbocycles. The van der Waals surface area contributed by atoms with Crippen LogP contribution in [0.25, 0.3) is 10.9 Å². The van der Waals surface area contributed by atoms with Crippen LogP contribution in [0.2, 0.25) is 0 Å². The highest BCUT2D eigenvalue weighted by molar-refractivity contribution is 5.94. The van der Waals surface area contributed by atoms with Crippen LogP contribution in [-0.4, -0.2) is 23.3 Å². The molecule has 0 unspecified atom stereocenters. The van der Waals surface area contributed by atoms with Gasteiger partial charge in [0.15, 0.2) is 5.82 Å². The molecule has 2 rings (SSSR count). The number of fused-ring (bicyclic) bond motifs is 1. The van der Waals surface area contributed by atoms with Gasteiger partial charge in [-0.1, -0.05) is 0 Å². The van der Waals surface area contributed by atoms with Crippen molar-refractivity contribution in [1.29, 1.82) is 0 Å². The highest BCUT2D eigenvalue weighted by atomic mass is 19.1. The second kappa shape index (κ2) is 3.30. The van der Waals surface area contributed by atoms with Gasteiger partial charge in [-0.15, -0.1) is 0 Å². The zero-order valence-electron chi connectivity index (χ0n) is 7.67. The molecule has 1 aromatic carbocycles. The third-order valence-electron chi connectivity index (χ3n) is 2.02.